The molecule has 3 nitrogen and oxygen atoms in total. The van der Waals surface area contributed by atoms with Gasteiger partial charge >= 0.3 is 5.97 Å². The summed E-state index contributed by atoms with van der Waals surface area (Å²) in [6, 6.07) is 6.08. The van der Waals surface area contributed by atoms with Crippen LogP contribution in [-0.4, -0.2) is 19.7 Å². The van der Waals surface area contributed by atoms with Crippen molar-refractivity contribution in [3.05, 3.63) is 35.4 Å². The van der Waals surface area contributed by atoms with E-state index in [1.165, 1.54) is 12.7 Å². The fourth-order valence-corrected chi connectivity index (χ4v) is 2.17. The highest BCUT2D eigenvalue weighted by Gasteiger charge is 2.20. The largest absolute Gasteiger partial charge is 0.492 e. The molecule has 0 aliphatic carbocycles. The summed E-state index contributed by atoms with van der Waals surface area (Å²) in [6.45, 7) is 4.88. The van der Waals surface area contributed by atoms with E-state index in [-0.39, 0.29) is 5.97 Å². The van der Waals surface area contributed by atoms with Gasteiger partial charge in [-0.2, -0.15) is 0 Å². The number of fused-ring (bicyclic) bond motifs is 1. The minimum atomic E-state index is -0.312. The van der Waals surface area contributed by atoms with Crippen LogP contribution in [0.5, 0.6) is 5.75 Å². The van der Waals surface area contributed by atoms with E-state index in [9.17, 15) is 4.79 Å². The Balaban J connectivity index is 2.48. The van der Waals surface area contributed by atoms with Gasteiger partial charge in [-0.15, -0.1) is 0 Å². The van der Waals surface area contributed by atoms with E-state index >= 15 is 0 Å². The zero-order valence-corrected chi connectivity index (χ0v) is 11.0. The van der Waals surface area contributed by atoms with Gasteiger partial charge in [0.25, 0.3) is 0 Å². The van der Waals surface area contributed by atoms with E-state index in [2.05, 4.69) is 24.7 Å². The lowest BCUT2D eigenvalue weighted by Gasteiger charge is -2.24. The number of rotatable bonds is 2. The van der Waals surface area contributed by atoms with E-state index in [0.717, 1.165) is 23.3 Å². The summed E-state index contributed by atoms with van der Waals surface area (Å²) in [5, 5.41) is 0. The van der Waals surface area contributed by atoms with Gasteiger partial charge in [-0.3, -0.25) is 0 Å². The maximum absolute atomic E-state index is 11.4. The van der Waals surface area contributed by atoms with E-state index in [1.54, 1.807) is 6.08 Å². The predicted octanol–water partition coefficient (Wildman–Crippen LogP) is 3.15. The summed E-state index contributed by atoms with van der Waals surface area (Å²) >= 11 is 0. The van der Waals surface area contributed by atoms with Crippen LogP contribution in [0.15, 0.2) is 24.3 Å². The average molecular weight is 246 g/mol. The Bertz CT molecular complexity index is 487. The third-order valence-electron chi connectivity index (χ3n) is 3.12. The highest BCUT2D eigenvalue weighted by atomic mass is 16.5. The second-order valence-corrected chi connectivity index (χ2v) is 4.67. The number of ether oxygens (including phenoxy) is 2. The number of hydrogen-bond donors (Lipinski definition) is 0. The van der Waals surface area contributed by atoms with Gasteiger partial charge in [0.05, 0.1) is 13.7 Å². The van der Waals surface area contributed by atoms with Crippen molar-refractivity contribution >= 4 is 11.5 Å². The number of esters is 1. The van der Waals surface area contributed by atoms with Crippen LogP contribution < -0.4 is 4.74 Å². The van der Waals surface area contributed by atoms with Crippen LogP contribution >= 0.6 is 0 Å². The summed E-state index contributed by atoms with van der Waals surface area (Å²) in [7, 11) is 1.39. The molecular formula is C15H18O3. The SMILES string of the molecule is COC(=O)/C=C1\CCOc2c1cccc2C(C)C. The van der Waals surface area contributed by atoms with Crippen LogP contribution in [0.3, 0.4) is 0 Å². The molecule has 0 saturated carbocycles. The molecule has 1 aromatic rings. The van der Waals surface area contributed by atoms with Crippen LogP contribution in [0.1, 0.15) is 37.3 Å². The molecule has 1 aromatic carbocycles. The van der Waals surface area contributed by atoms with Crippen LogP contribution in [0, 0.1) is 0 Å². The fraction of sp³-hybridized carbons (Fsp3) is 0.400. The number of carbonyl (C=O) groups excluding carboxylic acids is 1. The molecule has 0 saturated heterocycles. The van der Waals surface area contributed by atoms with Crippen LogP contribution in [0.2, 0.25) is 0 Å². The molecule has 0 radical (unpaired) electrons. The Kier molecular flexibility index (Phi) is 3.70. The quantitative estimate of drug-likeness (QED) is 0.594. The molecular weight excluding hydrogens is 228 g/mol. The summed E-state index contributed by atoms with van der Waals surface area (Å²) in [5.41, 5.74) is 3.19. The van der Waals surface area contributed by atoms with Gasteiger partial charge in [0.2, 0.25) is 0 Å². The van der Waals surface area contributed by atoms with Gasteiger partial charge in [0, 0.05) is 18.1 Å². The first kappa shape index (κ1) is 12.7. The standard InChI is InChI=1S/C15H18O3/c1-10(2)12-5-4-6-13-11(9-14(16)17-3)7-8-18-15(12)13/h4-6,9-10H,7-8H2,1-3H3/b11-9+. The van der Waals surface area contributed by atoms with Gasteiger partial charge < -0.3 is 9.47 Å². The average Bonchev–Trinajstić information content (AvgIpc) is 2.38. The Hall–Kier alpha value is -1.77. The molecule has 1 aliphatic rings. The predicted molar refractivity (Wildman–Crippen MR) is 70.6 cm³/mol. The molecule has 0 bridgehead atoms. The van der Waals surface area contributed by atoms with E-state index in [1.807, 2.05) is 12.1 Å². The van der Waals surface area contributed by atoms with Crippen molar-refractivity contribution in [3.8, 4) is 5.75 Å². The van der Waals surface area contributed by atoms with Gasteiger partial charge in [-0.1, -0.05) is 32.0 Å². The molecule has 96 valence electrons. The zero-order chi connectivity index (χ0) is 13.1. The third kappa shape index (κ3) is 2.40. The first-order chi connectivity index (χ1) is 8.63. The van der Waals surface area contributed by atoms with Crippen molar-refractivity contribution in [1.82, 2.24) is 0 Å². The lowest BCUT2D eigenvalue weighted by atomic mass is 9.92. The normalized spacial score (nSPS) is 16.3. The van der Waals surface area contributed by atoms with Gasteiger partial charge in [-0.05, 0) is 17.1 Å². The minimum Gasteiger partial charge on any atom is -0.492 e. The molecule has 3 heteroatoms. The lowest BCUT2D eigenvalue weighted by molar-refractivity contribution is -0.134. The Labute approximate surface area is 107 Å². The molecule has 0 fully saturated rings. The Morgan fingerprint density at radius 1 is 1.44 bits per heavy atom. The summed E-state index contributed by atoms with van der Waals surface area (Å²) < 4.78 is 10.5. The number of hydrogen-bond acceptors (Lipinski definition) is 3. The first-order valence-corrected chi connectivity index (χ1v) is 6.18. The Morgan fingerprint density at radius 3 is 2.89 bits per heavy atom. The second-order valence-electron chi connectivity index (χ2n) is 4.67. The number of carbonyl (C=O) groups is 1. The maximum atomic E-state index is 11.4. The number of benzene rings is 1. The molecule has 0 amide bonds. The first-order valence-electron chi connectivity index (χ1n) is 6.18. The van der Waals surface area contributed by atoms with Crippen molar-refractivity contribution < 1.29 is 14.3 Å². The topological polar surface area (TPSA) is 35.5 Å². The maximum Gasteiger partial charge on any atom is 0.330 e. The molecule has 0 spiro atoms. The molecule has 1 aliphatic heterocycles. The van der Waals surface area contributed by atoms with Crippen LogP contribution in [0.4, 0.5) is 0 Å². The van der Waals surface area contributed by atoms with Crippen LogP contribution in [0.25, 0.3) is 5.57 Å². The number of para-hydroxylation sites is 1. The lowest BCUT2D eigenvalue weighted by Crippen LogP contribution is -2.11. The van der Waals surface area contributed by atoms with Gasteiger partial charge in [0.15, 0.2) is 0 Å². The van der Waals surface area contributed by atoms with Crippen molar-refractivity contribution in [1.29, 1.82) is 0 Å². The molecule has 2 rings (SSSR count). The minimum absolute atomic E-state index is 0.312. The zero-order valence-electron chi connectivity index (χ0n) is 11.0. The molecule has 0 aromatic heterocycles. The van der Waals surface area contributed by atoms with Gasteiger partial charge in [-0.25, -0.2) is 4.79 Å². The summed E-state index contributed by atoms with van der Waals surface area (Å²) in [4.78, 5) is 11.4. The second kappa shape index (κ2) is 5.25. The number of methoxy groups -OCH3 is 1. The monoisotopic (exact) mass is 246 g/mol. The fourth-order valence-electron chi connectivity index (χ4n) is 2.17. The Morgan fingerprint density at radius 2 is 2.22 bits per heavy atom. The van der Waals surface area contributed by atoms with Crippen molar-refractivity contribution in [3.63, 3.8) is 0 Å². The highest BCUT2D eigenvalue weighted by Crippen LogP contribution is 2.38. The molecule has 18 heavy (non-hydrogen) atoms. The summed E-state index contributed by atoms with van der Waals surface area (Å²) in [6.07, 6.45) is 2.30. The van der Waals surface area contributed by atoms with E-state index < -0.39 is 0 Å². The van der Waals surface area contributed by atoms with Gasteiger partial charge in [0.1, 0.15) is 5.75 Å². The highest BCUT2D eigenvalue weighted by molar-refractivity contribution is 5.92. The van der Waals surface area contributed by atoms with Crippen molar-refractivity contribution in [2.75, 3.05) is 13.7 Å². The third-order valence-corrected chi connectivity index (χ3v) is 3.12. The van der Waals surface area contributed by atoms with Crippen LogP contribution in [-0.2, 0) is 9.53 Å². The van der Waals surface area contributed by atoms with Crippen molar-refractivity contribution in [2.45, 2.75) is 26.2 Å². The smallest absolute Gasteiger partial charge is 0.330 e. The molecule has 0 N–H and O–H groups in total. The summed E-state index contributed by atoms with van der Waals surface area (Å²) in [5.74, 6) is 0.999. The molecule has 0 atom stereocenters. The van der Waals surface area contributed by atoms with E-state index in [0.29, 0.717) is 12.5 Å². The van der Waals surface area contributed by atoms with E-state index in [4.69, 9.17) is 4.74 Å². The van der Waals surface area contributed by atoms with Crippen molar-refractivity contribution in [2.24, 2.45) is 0 Å². The molecule has 1 heterocycles. The molecule has 0 unspecified atom stereocenters.